The lowest BCUT2D eigenvalue weighted by Crippen LogP contribution is -2.42. The summed E-state index contributed by atoms with van der Waals surface area (Å²) in [7, 11) is -6.44. The Bertz CT molecular complexity index is 996. The first-order chi connectivity index (χ1) is 14.1. The summed E-state index contributed by atoms with van der Waals surface area (Å²) in [5, 5.41) is -0.189. The van der Waals surface area contributed by atoms with Gasteiger partial charge in [-0.1, -0.05) is 0 Å². The van der Waals surface area contributed by atoms with E-state index in [9.17, 15) is 21.6 Å². The molecule has 2 heterocycles. The van der Waals surface area contributed by atoms with Crippen LogP contribution in [0.1, 0.15) is 25.7 Å². The molecule has 0 aromatic heterocycles. The fourth-order valence-electron chi connectivity index (χ4n) is 3.77. The summed E-state index contributed by atoms with van der Waals surface area (Å²) in [6.07, 6.45) is 2.93. The fraction of sp³-hybridized carbons (Fsp3) is 0.632. The maximum atomic E-state index is 12.3. The number of benzene rings is 1. The molecule has 1 saturated carbocycles. The van der Waals surface area contributed by atoms with Crippen molar-refractivity contribution in [1.82, 2.24) is 4.31 Å². The molecule has 9 nitrogen and oxygen atoms in total. The SMILES string of the molecule is CS(=O)(=O)c1ccc(N2CC(COC3CCN(S(=O)(=O)C4CC4)CC3)OC2=O)cc1. The first-order valence-corrected chi connectivity index (χ1v) is 13.4. The third kappa shape index (κ3) is 4.63. The molecular formula is C19H26N2O7S2. The van der Waals surface area contributed by atoms with Gasteiger partial charge >= 0.3 is 6.09 Å². The zero-order chi connectivity index (χ0) is 21.5. The monoisotopic (exact) mass is 458 g/mol. The molecule has 2 saturated heterocycles. The number of rotatable bonds is 7. The van der Waals surface area contributed by atoms with E-state index in [1.54, 1.807) is 16.4 Å². The Kier molecular flexibility index (Phi) is 5.82. The van der Waals surface area contributed by atoms with E-state index < -0.39 is 32.1 Å². The molecule has 11 heteroatoms. The van der Waals surface area contributed by atoms with Crippen LogP contribution in [0.5, 0.6) is 0 Å². The summed E-state index contributed by atoms with van der Waals surface area (Å²) < 4.78 is 60.6. The Morgan fingerprint density at radius 3 is 2.23 bits per heavy atom. The van der Waals surface area contributed by atoms with E-state index in [-0.39, 0.29) is 22.9 Å². The van der Waals surface area contributed by atoms with Crippen molar-refractivity contribution in [1.29, 1.82) is 0 Å². The van der Waals surface area contributed by atoms with E-state index in [0.29, 0.717) is 38.2 Å². The average molecular weight is 459 g/mol. The smallest absolute Gasteiger partial charge is 0.414 e. The maximum Gasteiger partial charge on any atom is 0.414 e. The number of carbonyl (C=O) groups is 1. The van der Waals surface area contributed by atoms with Crippen molar-refractivity contribution in [3.63, 3.8) is 0 Å². The quantitative estimate of drug-likeness (QED) is 0.607. The molecule has 1 aliphatic carbocycles. The van der Waals surface area contributed by atoms with Crippen LogP contribution in [0.15, 0.2) is 29.2 Å². The van der Waals surface area contributed by atoms with Crippen LogP contribution in [0.25, 0.3) is 0 Å². The van der Waals surface area contributed by atoms with Crippen LogP contribution in [-0.2, 0) is 29.3 Å². The second kappa shape index (κ2) is 8.10. The second-order valence-corrected chi connectivity index (χ2v) is 12.3. The predicted octanol–water partition coefficient (Wildman–Crippen LogP) is 1.39. The van der Waals surface area contributed by atoms with Crippen LogP contribution in [0.3, 0.4) is 0 Å². The molecule has 0 bridgehead atoms. The molecule has 166 valence electrons. The maximum absolute atomic E-state index is 12.3. The summed E-state index contributed by atoms with van der Waals surface area (Å²) >= 11 is 0. The molecule has 0 radical (unpaired) electrons. The number of hydrogen-bond donors (Lipinski definition) is 0. The number of nitrogens with zero attached hydrogens (tertiary/aromatic N) is 2. The van der Waals surface area contributed by atoms with Gasteiger partial charge in [-0.2, -0.15) is 0 Å². The van der Waals surface area contributed by atoms with Gasteiger partial charge in [0.25, 0.3) is 0 Å². The van der Waals surface area contributed by atoms with Gasteiger partial charge in [0.2, 0.25) is 10.0 Å². The van der Waals surface area contributed by atoms with Gasteiger partial charge in [-0.25, -0.2) is 25.9 Å². The van der Waals surface area contributed by atoms with Crippen LogP contribution >= 0.6 is 0 Å². The number of piperidine rings is 1. The highest BCUT2D eigenvalue weighted by atomic mass is 32.2. The zero-order valence-electron chi connectivity index (χ0n) is 16.8. The van der Waals surface area contributed by atoms with Gasteiger partial charge in [-0.05, 0) is 49.9 Å². The highest BCUT2D eigenvalue weighted by Crippen LogP contribution is 2.32. The minimum Gasteiger partial charge on any atom is -0.441 e. The van der Waals surface area contributed by atoms with Crippen molar-refractivity contribution < 1.29 is 31.1 Å². The van der Waals surface area contributed by atoms with Crippen LogP contribution in [0.2, 0.25) is 0 Å². The van der Waals surface area contributed by atoms with Gasteiger partial charge in [0.15, 0.2) is 9.84 Å². The minimum absolute atomic E-state index is 0.0579. The second-order valence-electron chi connectivity index (χ2n) is 8.06. The Labute approximate surface area is 176 Å². The fourth-order valence-corrected chi connectivity index (χ4v) is 6.27. The lowest BCUT2D eigenvalue weighted by atomic mass is 10.1. The van der Waals surface area contributed by atoms with Crippen molar-refractivity contribution in [3.05, 3.63) is 24.3 Å². The summed E-state index contributed by atoms with van der Waals surface area (Å²) in [5.74, 6) is 0. The standard InChI is InChI=1S/C19H26N2O7S2/c1-29(23,24)17-4-2-14(3-5-17)21-12-16(28-19(21)22)13-27-15-8-10-20(11-9-15)30(25,26)18-6-7-18/h2-5,15-16,18H,6-13H2,1H3. The van der Waals surface area contributed by atoms with E-state index in [1.165, 1.54) is 17.0 Å². The van der Waals surface area contributed by atoms with Gasteiger partial charge in [0.05, 0.1) is 29.4 Å². The summed E-state index contributed by atoms with van der Waals surface area (Å²) in [5.41, 5.74) is 0.563. The molecule has 0 spiro atoms. The number of ether oxygens (including phenoxy) is 2. The van der Waals surface area contributed by atoms with E-state index in [0.717, 1.165) is 19.1 Å². The van der Waals surface area contributed by atoms with Crippen LogP contribution in [0.4, 0.5) is 10.5 Å². The number of amides is 1. The van der Waals surface area contributed by atoms with Gasteiger partial charge in [0.1, 0.15) is 6.10 Å². The third-order valence-corrected chi connectivity index (χ3v) is 9.20. The Balaban J connectivity index is 1.26. The molecule has 0 N–H and O–H groups in total. The largest absolute Gasteiger partial charge is 0.441 e. The number of carbonyl (C=O) groups excluding carboxylic acids is 1. The zero-order valence-corrected chi connectivity index (χ0v) is 18.4. The van der Waals surface area contributed by atoms with E-state index >= 15 is 0 Å². The molecule has 1 aromatic carbocycles. The molecular weight excluding hydrogens is 432 g/mol. The molecule has 4 rings (SSSR count). The average Bonchev–Trinajstić information content (AvgIpc) is 3.50. The van der Waals surface area contributed by atoms with Gasteiger partial charge in [-0.15, -0.1) is 0 Å². The number of sulfone groups is 1. The van der Waals surface area contributed by atoms with Crippen LogP contribution in [0, 0.1) is 0 Å². The first-order valence-electron chi connectivity index (χ1n) is 10.0. The number of hydrogen-bond acceptors (Lipinski definition) is 7. The molecule has 3 aliphatic rings. The summed E-state index contributed by atoms with van der Waals surface area (Å²) in [6.45, 7) is 1.48. The topological polar surface area (TPSA) is 110 Å². The molecule has 3 fully saturated rings. The van der Waals surface area contributed by atoms with Gasteiger partial charge in [0, 0.05) is 25.0 Å². The highest BCUT2D eigenvalue weighted by molar-refractivity contribution is 7.90. The number of anilines is 1. The van der Waals surface area contributed by atoms with E-state index in [2.05, 4.69) is 0 Å². The Morgan fingerprint density at radius 2 is 1.67 bits per heavy atom. The third-order valence-electron chi connectivity index (χ3n) is 5.67. The predicted molar refractivity (Wildman–Crippen MR) is 110 cm³/mol. The van der Waals surface area contributed by atoms with Gasteiger partial charge in [-0.3, -0.25) is 4.90 Å². The number of sulfonamides is 1. The summed E-state index contributed by atoms with van der Waals surface area (Å²) in [6, 6.07) is 6.09. The molecule has 30 heavy (non-hydrogen) atoms. The van der Waals surface area contributed by atoms with Gasteiger partial charge < -0.3 is 9.47 Å². The van der Waals surface area contributed by atoms with Crippen LogP contribution in [-0.4, -0.2) is 77.2 Å². The lowest BCUT2D eigenvalue weighted by molar-refractivity contribution is -0.0194. The van der Waals surface area contributed by atoms with Crippen molar-refractivity contribution in [3.8, 4) is 0 Å². The van der Waals surface area contributed by atoms with Crippen molar-refractivity contribution in [2.24, 2.45) is 0 Å². The molecule has 1 amide bonds. The summed E-state index contributed by atoms with van der Waals surface area (Å²) in [4.78, 5) is 13.8. The molecule has 1 atom stereocenters. The van der Waals surface area contributed by atoms with Crippen molar-refractivity contribution in [2.45, 2.75) is 48.0 Å². The minimum atomic E-state index is -3.30. The highest BCUT2D eigenvalue weighted by Gasteiger charge is 2.41. The normalized spacial score (nSPS) is 24.2. The van der Waals surface area contributed by atoms with E-state index in [4.69, 9.17) is 9.47 Å². The Hall–Kier alpha value is -1.69. The van der Waals surface area contributed by atoms with Crippen LogP contribution < -0.4 is 4.90 Å². The van der Waals surface area contributed by atoms with Crippen molar-refractivity contribution in [2.75, 3.05) is 37.4 Å². The molecule has 1 aromatic rings. The van der Waals surface area contributed by atoms with E-state index in [1.807, 2.05) is 0 Å². The molecule has 2 aliphatic heterocycles. The van der Waals surface area contributed by atoms with Crippen molar-refractivity contribution >= 4 is 31.6 Å². The molecule has 1 unspecified atom stereocenters. The first kappa shape index (κ1) is 21.5. The number of cyclic esters (lactones) is 1. The Morgan fingerprint density at radius 1 is 1.03 bits per heavy atom. The lowest BCUT2D eigenvalue weighted by Gasteiger charge is -2.31.